The number of pyridine rings is 1. The van der Waals surface area contributed by atoms with E-state index < -0.39 is 27.6 Å². The highest BCUT2D eigenvalue weighted by atomic mass is 32.2. The molecule has 50 heavy (non-hydrogen) atoms. The van der Waals surface area contributed by atoms with E-state index in [1.165, 1.54) is 0 Å². The molecule has 2 fully saturated rings. The van der Waals surface area contributed by atoms with Gasteiger partial charge in [0.1, 0.15) is 5.65 Å². The third-order valence-corrected chi connectivity index (χ3v) is 12.0. The second-order valence-corrected chi connectivity index (χ2v) is 16.0. The van der Waals surface area contributed by atoms with Crippen molar-refractivity contribution in [3.8, 4) is 22.4 Å². The van der Waals surface area contributed by atoms with Gasteiger partial charge in [0.25, 0.3) is 0 Å². The van der Waals surface area contributed by atoms with Gasteiger partial charge in [0.2, 0.25) is 15.9 Å². The van der Waals surface area contributed by atoms with Crippen LogP contribution in [0.15, 0.2) is 43.0 Å². The Morgan fingerprint density at radius 3 is 2.36 bits per heavy atom. The third kappa shape index (κ3) is 5.00. The van der Waals surface area contributed by atoms with Crippen LogP contribution in [-0.2, 0) is 32.1 Å². The number of carboxylic acids is 1. The standard InChI is InChI=1S/C31H34N8O3S.C2HF3O2/c1-6-43(41,42)38-16-30(17-38)14-31(15-30)26-23(36(4)29(31)40)12-32-28-25(26)24(19-7-8-22-20(9-19)10-33-37(22)5)27(35-28)21-11-34-39(13-21)18(2)3;3-2(4,5)1(6)7/h7-13,18H,6,14-17H2,1-5H3,(H,32,35);(H,6,7). The van der Waals surface area contributed by atoms with Crippen molar-refractivity contribution in [2.24, 2.45) is 12.5 Å². The number of amides is 1. The first-order valence-electron chi connectivity index (χ1n) is 16.0. The summed E-state index contributed by atoms with van der Waals surface area (Å²) in [7, 11) is 0.510. The average Bonchev–Trinajstić information content (AvgIpc) is 3.79. The number of rotatable bonds is 5. The molecule has 8 rings (SSSR count). The number of nitrogens with zero attached hydrogens (tertiary/aromatic N) is 7. The maximum atomic E-state index is 14.1. The summed E-state index contributed by atoms with van der Waals surface area (Å²) in [5.41, 5.74) is 6.50. The van der Waals surface area contributed by atoms with Gasteiger partial charge in [-0.3, -0.25) is 14.2 Å². The second-order valence-electron chi connectivity index (χ2n) is 13.7. The Bertz CT molecular complexity index is 2310. The predicted octanol–water partition coefficient (Wildman–Crippen LogP) is 4.85. The Kier molecular flexibility index (Phi) is 7.50. The van der Waals surface area contributed by atoms with E-state index in [0.29, 0.717) is 25.9 Å². The molecular weight excluding hydrogens is 677 g/mol. The number of carboxylic acid groups (broad SMARTS) is 1. The van der Waals surface area contributed by atoms with Crippen molar-refractivity contribution in [2.75, 3.05) is 30.8 Å². The van der Waals surface area contributed by atoms with Crippen LogP contribution in [0, 0.1) is 5.41 Å². The van der Waals surface area contributed by atoms with Crippen molar-refractivity contribution >= 4 is 49.5 Å². The number of benzene rings is 1. The Balaban J connectivity index is 0.000000510. The summed E-state index contributed by atoms with van der Waals surface area (Å²) in [6.45, 7) is 6.82. The van der Waals surface area contributed by atoms with Crippen LogP contribution < -0.4 is 4.90 Å². The van der Waals surface area contributed by atoms with Gasteiger partial charge < -0.3 is 15.0 Å². The van der Waals surface area contributed by atoms with Crippen molar-refractivity contribution in [3.05, 3.63) is 48.5 Å². The lowest BCUT2D eigenvalue weighted by Gasteiger charge is -2.62. The zero-order valence-electron chi connectivity index (χ0n) is 27.9. The summed E-state index contributed by atoms with van der Waals surface area (Å²) >= 11 is 0. The fourth-order valence-electron chi connectivity index (χ4n) is 7.86. The minimum Gasteiger partial charge on any atom is -0.475 e. The summed E-state index contributed by atoms with van der Waals surface area (Å²) < 4.78 is 62.1. The molecule has 3 aliphatic rings. The molecule has 1 saturated carbocycles. The normalized spacial score (nSPS) is 18.1. The molecule has 17 heteroatoms. The highest BCUT2D eigenvalue weighted by Crippen LogP contribution is 2.66. The average molecular weight is 713 g/mol. The molecule has 0 unspecified atom stereocenters. The van der Waals surface area contributed by atoms with E-state index in [2.05, 4.69) is 47.2 Å². The molecule has 4 aromatic heterocycles. The number of H-pyrrole nitrogens is 1. The molecule has 6 heterocycles. The molecule has 5 aromatic rings. The van der Waals surface area contributed by atoms with Crippen LogP contribution >= 0.6 is 0 Å². The number of hydrogen-bond acceptors (Lipinski definition) is 7. The van der Waals surface area contributed by atoms with Gasteiger partial charge in [0.15, 0.2) is 0 Å². The topological polar surface area (TPSA) is 159 Å². The predicted molar refractivity (Wildman–Crippen MR) is 179 cm³/mol. The number of aryl methyl sites for hydroxylation is 1. The number of likely N-dealkylation sites (N-methyl/N-ethyl adjacent to an activating group) is 1. The van der Waals surface area contributed by atoms with Gasteiger partial charge in [-0.05, 0) is 51.3 Å². The van der Waals surface area contributed by atoms with E-state index in [1.54, 1.807) is 22.3 Å². The van der Waals surface area contributed by atoms with E-state index in [4.69, 9.17) is 14.9 Å². The molecule has 1 amide bonds. The maximum absolute atomic E-state index is 14.1. The monoisotopic (exact) mass is 712 g/mol. The number of fused-ring (bicyclic) bond motifs is 5. The maximum Gasteiger partial charge on any atom is 0.490 e. The number of carbonyl (C=O) groups excluding carboxylic acids is 1. The summed E-state index contributed by atoms with van der Waals surface area (Å²) in [6, 6.07) is 6.54. The summed E-state index contributed by atoms with van der Waals surface area (Å²) in [6.07, 6.45) is 3.75. The van der Waals surface area contributed by atoms with Crippen LogP contribution in [0.4, 0.5) is 18.9 Å². The fraction of sp³-hybridized carbons (Fsp3) is 0.424. The number of aromatic amines is 1. The Labute approximate surface area is 284 Å². The lowest BCUT2D eigenvalue weighted by molar-refractivity contribution is -0.192. The Morgan fingerprint density at radius 1 is 1.08 bits per heavy atom. The van der Waals surface area contributed by atoms with Gasteiger partial charge in [-0.25, -0.2) is 22.5 Å². The van der Waals surface area contributed by atoms with Crippen LogP contribution in [0.1, 0.15) is 45.2 Å². The molecule has 2 N–H and O–H groups in total. The minimum absolute atomic E-state index is 0.0586. The smallest absolute Gasteiger partial charge is 0.475 e. The fourth-order valence-corrected chi connectivity index (χ4v) is 9.16. The second kappa shape index (κ2) is 11.1. The van der Waals surface area contributed by atoms with E-state index in [9.17, 15) is 26.4 Å². The molecule has 264 valence electrons. The van der Waals surface area contributed by atoms with Crippen LogP contribution in [0.25, 0.3) is 44.3 Å². The van der Waals surface area contributed by atoms with Crippen molar-refractivity contribution < 1.29 is 36.3 Å². The summed E-state index contributed by atoms with van der Waals surface area (Å²) in [5.74, 6) is -2.61. The first kappa shape index (κ1) is 33.7. The number of sulfonamides is 1. The number of nitrogens with one attached hydrogen (secondary N) is 1. The number of aromatic nitrogens is 6. The van der Waals surface area contributed by atoms with Crippen molar-refractivity contribution in [1.82, 2.24) is 33.8 Å². The van der Waals surface area contributed by atoms with Crippen molar-refractivity contribution in [2.45, 2.75) is 51.2 Å². The number of anilines is 1. The zero-order chi connectivity index (χ0) is 36.1. The van der Waals surface area contributed by atoms with Gasteiger partial charge >= 0.3 is 12.1 Å². The minimum atomic E-state index is -5.08. The zero-order valence-corrected chi connectivity index (χ0v) is 28.7. The molecule has 1 aliphatic carbocycles. The molecule has 0 radical (unpaired) electrons. The van der Waals surface area contributed by atoms with Crippen LogP contribution in [-0.4, -0.2) is 91.3 Å². The Hall–Kier alpha value is -4.77. The highest BCUT2D eigenvalue weighted by Gasteiger charge is 2.68. The molecule has 13 nitrogen and oxygen atoms in total. The number of aliphatic carboxylic acids is 1. The van der Waals surface area contributed by atoms with Crippen molar-refractivity contribution in [1.29, 1.82) is 0 Å². The molecule has 1 aromatic carbocycles. The molecule has 2 aliphatic heterocycles. The van der Waals surface area contributed by atoms with Gasteiger partial charge in [0.05, 0.1) is 46.7 Å². The number of halogens is 3. The third-order valence-electron chi connectivity index (χ3n) is 10.2. The lowest BCUT2D eigenvalue weighted by Crippen LogP contribution is -2.69. The van der Waals surface area contributed by atoms with E-state index in [-0.39, 0.29) is 23.1 Å². The largest absolute Gasteiger partial charge is 0.490 e. The first-order valence-corrected chi connectivity index (χ1v) is 17.6. The van der Waals surface area contributed by atoms with Gasteiger partial charge in [-0.1, -0.05) is 6.07 Å². The van der Waals surface area contributed by atoms with E-state index in [1.807, 2.05) is 42.0 Å². The van der Waals surface area contributed by atoms with E-state index in [0.717, 1.165) is 55.6 Å². The van der Waals surface area contributed by atoms with Crippen LogP contribution in [0.3, 0.4) is 0 Å². The van der Waals surface area contributed by atoms with E-state index >= 15 is 0 Å². The molecule has 0 atom stereocenters. The lowest BCUT2D eigenvalue weighted by atomic mass is 9.48. The first-order chi connectivity index (χ1) is 23.4. The summed E-state index contributed by atoms with van der Waals surface area (Å²) in [4.78, 5) is 33.2. The van der Waals surface area contributed by atoms with Gasteiger partial charge in [-0.15, -0.1) is 0 Å². The summed E-state index contributed by atoms with van der Waals surface area (Å²) in [5, 5.41) is 18.2. The number of carbonyl (C=O) groups is 2. The van der Waals surface area contributed by atoms with Gasteiger partial charge in [-0.2, -0.15) is 23.4 Å². The SMILES string of the molecule is CCS(=O)(=O)N1CC2(C1)CC1(C2)C(=O)N(C)c2cnc3[nH]c(-c4cnn(C(C)C)c4)c(-c4ccc5c(cnn5C)c4)c3c21.O=C(O)C(F)(F)F. The molecule has 1 saturated heterocycles. The van der Waals surface area contributed by atoms with Gasteiger partial charge in [0, 0.05) is 72.3 Å². The molecule has 0 bridgehead atoms. The quantitative estimate of drug-likeness (QED) is 0.262. The van der Waals surface area contributed by atoms with Crippen LogP contribution in [0.5, 0.6) is 0 Å². The van der Waals surface area contributed by atoms with Crippen molar-refractivity contribution in [3.63, 3.8) is 0 Å². The molecular formula is C33H35F3N8O5S. The number of hydrogen-bond donors (Lipinski definition) is 2. The number of alkyl halides is 3. The molecule has 2 spiro atoms. The van der Waals surface area contributed by atoms with Crippen LogP contribution in [0.2, 0.25) is 0 Å². The highest BCUT2D eigenvalue weighted by molar-refractivity contribution is 7.89. The Morgan fingerprint density at radius 2 is 1.76 bits per heavy atom.